The van der Waals surface area contributed by atoms with Crippen molar-refractivity contribution in [1.29, 1.82) is 0 Å². The van der Waals surface area contributed by atoms with Crippen LogP contribution in [0.15, 0.2) is 42.6 Å². The number of aromatic nitrogens is 3. The Morgan fingerprint density at radius 1 is 1.32 bits per heavy atom. The fourth-order valence-electron chi connectivity index (χ4n) is 3.55. The van der Waals surface area contributed by atoms with Crippen LogP contribution in [-0.2, 0) is 11.2 Å². The van der Waals surface area contributed by atoms with Gasteiger partial charge in [-0.2, -0.15) is 5.10 Å². The predicted octanol–water partition coefficient (Wildman–Crippen LogP) is 3.05. The lowest BCUT2D eigenvalue weighted by Gasteiger charge is -2.32. The highest BCUT2D eigenvalue weighted by Crippen LogP contribution is 2.30. The third-order valence-electron chi connectivity index (χ3n) is 4.79. The number of H-pyrrole nitrogens is 1. The van der Waals surface area contributed by atoms with Gasteiger partial charge in [-0.25, -0.2) is 9.37 Å². The van der Waals surface area contributed by atoms with Gasteiger partial charge in [-0.3, -0.25) is 9.89 Å². The molecule has 0 radical (unpaired) electrons. The van der Waals surface area contributed by atoms with Crippen LogP contribution in [0.2, 0.25) is 0 Å². The van der Waals surface area contributed by atoms with Crippen LogP contribution in [0, 0.1) is 5.82 Å². The number of nitrogens with one attached hydrogen (secondary N) is 1. The lowest BCUT2D eigenvalue weighted by molar-refractivity contribution is -0.131. The molecular formula is C19H19FN4O. The van der Waals surface area contributed by atoms with Gasteiger partial charge in [0.1, 0.15) is 5.82 Å². The number of benzene rings is 1. The van der Waals surface area contributed by atoms with E-state index in [0.717, 1.165) is 30.5 Å². The Hall–Kier alpha value is -2.76. The molecule has 25 heavy (non-hydrogen) atoms. The van der Waals surface area contributed by atoms with Gasteiger partial charge in [-0.05, 0) is 42.7 Å². The number of carbonyl (C=O) groups is 1. The number of hydrogen-bond acceptors (Lipinski definition) is 3. The third-order valence-corrected chi connectivity index (χ3v) is 4.79. The first kappa shape index (κ1) is 15.7. The van der Waals surface area contributed by atoms with Crippen LogP contribution in [0.1, 0.15) is 30.0 Å². The molecule has 6 heteroatoms. The first-order valence-corrected chi connectivity index (χ1v) is 8.52. The standard InChI is InChI=1S/C19H19FN4O/c20-15-6-1-4-13(10-15)11-17(25)24-9-3-5-14(12-24)18-16-7-2-8-21-19(16)23-22-18/h1-2,4,6-8,10,14H,3,5,9,11-12H2,(H,21,22,23). The summed E-state index contributed by atoms with van der Waals surface area (Å²) in [6.07, 6.45) is 3.91. The number of hydrogen-bond donors (Lipinski definition) is 1. The van der Waals surface area contributed by atoms with Crippen molar-refractivity contribution >= 4 is 16.9 Å². The molecule has 1 atom stereocenters. The molecule has 3 aromatic rings. The summed E-state index contributed by atoms with van der Waals surface area (Å²) in [5.74, 6) is -0.0464. The van der Waals surface area contributed by atoms with E-state index < -0.39 is 0 Å². The molecule has 0 bridgehead atoms. The minimum absolute atomic E-state index is 0.0391. The van der Waals surface area contributed by atoms with Gasteiger partial charge in [0.05, 0.1) is 6.42 Å². The van der Waals surface area contributed by atoms with E-state index in [9.17, 15) is 9.18 Å². The highest BCUT2D eigenvalue weighted by atomic mass is 19.1. The molecule has 1 aliphatic rings. The van der Waals surface area contributed by atoms with E-state index >= 15 is 0 Å². The second-order valence-electron chi connectivity index (χ2n) is 6.50. The number of aromatic amines is 1. The Labute approximate surface area is 144 Å². The van der Waals surface area contributed by atoms with E-state index in [1.165, 1.54) is 12.1 Å². The Kier molecular flexibility index (Phi) is 4.17. The normalized spacial score (nSPS) is 17.8. The molecule has 1 fully saturated rings. The van der Waals surface area contributed by atoms with Crippen LogP contribution in [0.4, 0.5) is 4.39 Å². The number of fused-ring (bicyclic) bond motifs is 1. The average Bonchev–Trinajstić information content (AvgIpc) is 3.06. The van der Waals surface area contributed by atoms with Crippen molar-refractivity contribution < 1.29 is 9.18 Å². The van der Waals surface area contributed by atoms with Gasteiger partial charge in [0, 0.05) is 36.3 Å². The van der Waals surface area contributed by atoms with Crippen molar-refractivity contribution in [2.45, 2.75) is 25.2 Å². The fraction of sp³-hybridized carbons (Fsp3) is 0.316. The quantitative estimate of drug-likeness (QED) is 0.798. The fourth-order valence-corrected chi connectivity index (χ4v) is 3.55. The average molecular weight is 338 g/mol. The Balaban J connectivity index is 1.50. The number of rotatable bonds is 3. The monoisotopic (exact) mass is 338 g/mol. The number of piperidine rings is 1. The second-order valence-corrected chi connectivity index (χ2v) is 6.50. The smallest absolute Gasteiger partial charge is 0.227 e. The van der Waals surface area contributed by atoms with Crippen LogP contribution in [0.3, 0.4) is 0 Å². The summed E-state index contributed by atoms with van der Waals surface area (Å²) in [6.45, 7) is 1.40. The SMILES string of the molecule is O=C(Cc1cccc(F)c1)N1CCCC(c2[nH]nc3ncccc23)C1. The van der Waals surface area contributed by atoms with Crippen molar-refractivity contribution in [1.82, 2.24) is 20.1 Å². The summed E-state index contributed by atoms with van der Waals surface area (Å²) in [5.41, 5.74) is 2.47. The third kappa shape index (κ3) is 3.24. The van der Waals surface area contributed by atoms with Gasteiger partial charge < -0.3 is 4.90 Å². The van der Waals surface area contributed by atoms with E-state index in [1.807, 2.05) is 17.0 Å². The van der Waals surface area contributed by atoms with Gasteiger partial charge in [-0.15, -0.1) is 0 Å². The highest BCUT2D eigenvalue weighted by molar-refractivity contribution is 5.80. The minimum Gasteiger partial charge on any atom is -0.342 e. The first-order chi connectivity index (χ1) is 12.2. The number of nitrogens with zero attached hydrogens (tertiary/aromatic N) is 3. The summed E-state index contributed by atoms with van der Waals surface area (Å²) in [5, 5.41) is 8.38. The van der Waals surface area contributed by atoms with Crippen molar-refractivity contribution in [2.24, 2.45) is 0 Å². The predicted molar refractivity (Wildman–Crippen MR) is 92.5 cm³/mol. The molecule has 0 saturated carbocycles. The van der Waals surface area contributed by atoms with Gasteiger partial charge in [0.15, 0.2) is 5.65 Å². The Morgan fingerprint density at radius 2 is 2.24 bits per heavy atom. The molecule has 1 saturated heterocycles. The highest BCUT2D eigenvalue weighted by Gasteiger charge is 2.27. The molecule has 128 valence electrons. The van der Waals surface area contributed by atoms with Gasteiger partial charge in [0.25, 0.3) is 0 Å². The van der Waals surface area contributed by atoms with Crippen molar-refractivity contribution in [3.8, 4) is 0 Å². The summed E-state index contributed by atoms with van der Waals surface area (Å²) in [7, 11) is 0. The lowest BCUT2D eigenvalue weighted by atomic mass is 9.93. The van der Waals surface area contributed by atoms with E-state index in [1.54, 1.807) is 18.3 Å². The Morgan fingerprint density at radius 3 is 3.12 bits per heavy atom. The zero-order chi connectivity index (χ0) is 17.2. The maximum atomic E-state index is 13.3. The summed E-state index contributed by atoms with van der Waals surface area (Å²) in [4.78, 5) is 18.8. The van der Waals surface area contributed by atoms with E-state index in [-0.39, 0.29) is 24.1 Å². The zero-order valence-corrected chi connectivity index (χ0v) is 13.8. The molecule has 1 aliphatic heterocycles. The van der Waals surface area contributed by atoms with Gasteiger partial charge in [-0.1, -0.05) is 12.1 Å². The lowest BCUT2D eigenvalue weighted by Crippen LogP contribution is -2.40. The maximum Gasteiger partial charge on any atom is 0.227 e. The molecule has 2 aromatic heterocycles. The van der Waals surface area contributed by atoms with E-state index in [4.69, 9.17) is 0 Å². The number of halogens is 1. The number of pyridine rings is 1. The molecule has 5 nitrogen and oxygen atoms in total. The molecule has 0 aliphatic carbocycles. The first-order valence-electron chi connectivity index (χ1n) is 8.52. The van der Waals surface area contributed by atoms with Crippen LogP contribution in [0.25, 0.3) is 11.0 Å². The van der Waals surface area contributed by atoms with Gasteiger partial charge >= 0.3 is 0 Å². The van der Waals surface area contributed by atoms with Crippen molar-refractivity contribution in [3.63, 3.8) is 0 Å². The molecule has 1 N–H and O–H groups in total. The van der Waals surface area contributed by atoms with Crippen LogP contribution < -0.4 is 0 Å². The molecule has 1 aromatic carbocycles. The number of amides is 1. The molecule has 1 unspecified atom stereocenters. The largest absolute Gasteiger partial charge is 0.342 e. The van der Waals surface area contributed by atoms with Crippen molar-refractivity contribution in [3.05, 3.63) is 59.7 Å². The summed E-state index contributed by atoms with van der Waals surface area (Å²) in [6, 6.07) is 10.2. The van der Waals surface area contributed by atoms with Gasteiger partial charge in [0.2, 0.25) is 5.91 Å². The second kappa shape index (κ2) is 6.63. The topological polar surface area (TPSA) is 61.9 Å². The van der Waals surface area contributed by atoms with Crippen molar-refractivity contribution in [2.75, 3.05) is 13.1 Å². The van der Waals surface area contributed by atoms with E-state index in [0.29, 0.717) is 17.8 Å². The summed E-state index contributed by atoms with van der Waals surface area (Å²) >= 11 is 0. The zero-order valence-electron chi connectivity index (χ0n) is 13.8. The molecule has 1 amide bonds. The summed E-state index contributed by atoms with van der Waals surface area (Å²) < 4.78 is 13.3. The number of likely N-dealkylation sites (tertiary alicyclic amines) is 1. The molecule has 0 spiro atoms. The molecule has 4 rings (SSSR count). The minimum atomic E-state index is -0.307. The van der Waals surface area contributed by atoms with Crippen LogP contribution in [-0.4, -0.2) is 39.1 Å². The molecule has 3 heterocycles. The maximum absolute atomic E-state index is 13.3. The van der Waals surface area contributed by atoms with E-state index in [2.05, 4.69) is 15.2 Å². The van der Waals surface area contributed by atoms with Crippen LogP contribution >= 0.6 is 0 Å². The number of carbonyl (C=O) groups excluding carboxylic acids is 1. The Bertz CT molecular complexity index is 907. The van der Waals surface area contributed by atoms with Crippen LogP contribution in [0.5, 0.6) is 0 Å². The molecular weight excluding hydrogens is 319 g/mol.